The van der Waals surface area contributed by atoms with Crippen LogP contribution in [0.3, 0.4) is 0 Å². The van der Waals surface area contributed by atoms with Gasteiger partial charge in [0.2, 0.25) is 11.5 Å². The third kappa shape index (κ3) is 1.93. The molecule has 2 rings (SSSR count). The van der Waals surface area contributed by atoms with Crippen molar-refractivity contribution in [3.8, 4) is 5.75 Å². The number of benzene rings is 1. The van der Waals surface area contributed by atoms with Gasteiger partial charge in [0.1, 0.15) is 5.75 Å². The lowest BCUT2D eigenvalue weighted by molar-refractivity contribution is -0.132. The quantitative estimate of drug-likeness (QED) is 0.829. The molecular formula is C12H10ClNO4. The number of hydrogen-bond donors (Lipinski definition) is 1. The normalized spacial score (nSPS) is 16.1. The second kappa shape index (κ2) is 4.34. The first kappa shape index (κ1) is 12.4. The highest BCUT2D eigenvalue weighted by Gasteiger charge is 2.32. The van der Waals surface area contributed by atoms with E-state index in [0.29, 0.717) is 11.3 Å². The maximum absolute atomic E-state index is 11.9. The molecule has 94 valence electrons. The smallest absolute Gasteiger partial charge is 0.351 e. The summed E-state index contributed by atoms with van der Waals surface area (Å²) in [5.74, 6) is -1.92. The van der Waals surface area contributed by atoms with Crippen LogP contribution in [0.2, 0.25) is 0 Å². The summed E-state index contributed by atoms with van der Waals surface area (Å²) in [6, 6.07) is 5.00. The van der Waals surface area contributed by atoms with E-state index < -0.39 is 16.8 Å². The second-order valence-electron chi connectivity index (χ2n) is 3.95. The molecule has 1 N–H and O–H groups in total. The summed E-state index contributed by atoms with van der Waals surface area (Å²) in [5.41, 5.74) is 1.16. The number of carbonyl (C=O) groups excluding carboxylic acids is 1. The minimum Gasteiger partial charge on any atom is -0.477 e. The first-order valence-electron chi connectivity index (χ1n) is 5.09. The molecule has 0 amide bonds. The number of ether oxygens (including phenoxy) is 1. The first-order chi connectivity index (χ1) is 8.41. The van der Waals surface area contributed by atoms with Gasteiger partial charge in [0.05, 0.1) is 5.56 Å². The Hall–Kier alpha value is -2.01. The van der Waals surface area contributed by atoms with Crippen molar-refractivity contribution in [2.75, 3.05) is 19.0 Å². The van der Waals surface area contributed by atoms with Crippen molar-refractivity contribution < 1.29 is 19.4 Å². The van der Waals surface area contributed by atoms with Crippen LogP contribution in [0.4, 0.5) is 5.69 Å². The Bertz CT molecular complexity index is 577. The molecule has 0 saturated heterocycles. The Kier molecular flexibility index (Phi) is 3.00. The van der Waals surface area contributed by atoms with E-state index >= 15 is 0 Å². The number of nitrogens with zero attached hydrogens (tertiary/aromatic N) is 1. The maximum atomic E-state index is 11.9. The van der Waals surface area contributed by atoms with Gasteiger partial charge < -0.3 is 14.7 Å². The van der Waals surface area contributed by atoms with E-state index in [1.165, 1.54) is 0 Å². The van der Waals surface area contributed by atoms with E-state index in [0.717, 1.165) is 5.69 Å². The van der Waals surface area contributed by atoms with E-state index in [1.54, 1.807) is 18.2 Å². The lowest BCUT2D eigenvalue weighted by atomic mass is 10.1. The van der Waals surface area contributed by atoms with Gasteiger partial charge in [-0.15, -0.1) is 0 Å². The summed E-state index contributed by atoms with van der Waals surface area (Å²) in [6.45, 7) is 0. The molecule has 6 heteroatoms. The van der Waals surface area contributed by atoms with Gasteiger partial charge in [-0.25, -0.2) is 4.79 Å². The van der Waals surface area contributed by atoms with Crippen molar-refractivity contribution in [3.05, 3.63) is 34.6 Å². The number of carbonyl (C=O) groups is 2. The van der Waals surface area contributed by atoms with E-state index in [1.807, 2.05) is 19.0 Å². The Labute approximate surface area is 108 Å². The molecule has 0 aliphatic carbocycles. The zero-order valence-electron chi connectivity index (χ0n) is 9.73. The van der Waals surface area contributed by atoms with Crippen LogP contribution in [0.1, 0.15) is 10.4 Å². The van der Waals surface area contributed by atoms with Crippen molar-refractivity contribution >= 4 is 29.0 Å². The van der Waals surface area contributed by atoms with Gasteiger partial charge in [-0.3, -0.25) is 4.79 Å². The number of carboxylic acid groups (broad SMARTS) is 1. The standard InChI is InChI=1S/C12H10ClNO4/c1-14(2)6-3-4-7-8(5-6)18-11(10(7)15)9(13)12(16)17/h3-5H,1-2H3,(H,16,17). The SMILES string of the molecule is CN(C)c1ccc2c(c1)OC(=C(Cl)C(=O)O)C2=O. The summed E-state index contributed by atoms with van der Waals surface area (Å²) < 4.78 is 5.22. The van der Waals surface area contributed by atoms with Crippen LogP contribution in [0, 0.1) is 0 Å². The Morgan fingerprint density at radius 3 is 2.61 bits per heavy atom. The molecule has 0 saturated carbocycles. The minimum atomic E-state index is -1.39. The number of fused-ring (bicyclic) bond motifs is 1. The highest BCUT2D eigenvalue weighted by molar-refractivity contribution is 6.43. The molecule has 0 atom stereocenters. The van der Waals surface area contributed by atoms with Crippen LogP contribution in [0.5, 0.6) is 5.75 Å². The van der Waals surface area contributed by atoms with Gasteiger partial charge in [0.25, 0.3) is 0 Å². The van der Waals surface area contributed by atoms with Crippen LogP contribution >= 0.6 is 11.6 Å². The number of aliphatic carboxylic acids is 1. The molecule has 0 spiro atoms. The Balaban J connectivity index is 2.48. The Morgan fingerprint density at radius 2 is 2.06 bits per heavy atom. The summed E-state index contributed by atoms with van der Waals surface area (Å²) in [6.07, 6.45) is 0. The van der Waals surface area contributed by atoms with Crippen molar-refractivity contribution in [3.63, 3.8) is 0 Å². The lowest BCUT2D eigenvalue weighted by Crippen LogP contribution is -2.08. The third-order valence-electron chi connectivity index (χ3n) is 2.53. The fraction of sp³-hybridized carbons (Fsp3) is 0.167. The molecule has 1 aromatic carbocycles. The molecule has 0 fully saturated rings. The van der Waals surface area contributed by atoms with Gasteiger partial charge in [-0.2, -0.15) is 0 Å². The fourth-order valence-corrected chi connectivity index (χ4v) is 1.71. The number of carboxylic acids is 1. The number of ketones is 1. The molecule has 1 aromatic rings. The number of hydrogen-bond acceptors (Lipinski definition) is 4. The number of Topliss-reactive ketones (excluding diaryl/α,β-unsaturated/α-hetero) is 1. The highest BCUT2D eigenvalue weighted by Crippen LogP contribution is 2.35. The van der Waals surface area contributed by atoms with Crippen molar-refractivity contribution in [1.29, 1.82) is 0 Å². The predicted molar refractivity (Wildman–Crippen MR) is 66.2 cm³/mol. The highest BCUT2D eigenvalue weighted by atomic mass is 35.5. The van der Waals surface area contributed by atoms with Gasteiger partial charge in [-0.05, 0) is 12.1 Å². The number of allylic oxidation sites excluding steroid dienone is 1. The van der Waals surface area contributed by atoms with Crippen molar-refractivity contribution in [1.82, 2.24) is 0 Å². The fourth-order valence-electron chi connectivity index (χ4n) is 1.58. The first-order valence-corrected chi connectivity index (χ1v) is 5.46. The van der Waals surface area contributed by atoms with Crippen molar-refractivity contribution in [2.24, 2.45) is 0 Å². The molecule has 1 aliphatic rings. The van der Waals surface area contributed by atoms with Crippen molar-refractivity contribution in [2.45, 2.75) is 0 Å². The van der Waals surface area contributed by atoms with Gasteiger partial charge in [0, 0.05) is 25.8 Å². The minimum absolute atomic E-state index is 0.315. The molecule has 0 bridgehead atoms. The Morgan fingerprint density at radius 1 is 1.39 bits per heavy atom. The van der Waals surface area contributed by atoms with E-state index in [4.69, 9.17) is 21.4 Å². The molecule has 0 unspecified atom stereocenters. The van der Waals surface area contributed by atoms with Crippen LogP contribution in [-0.4, -0.2) is 31.0 Å². The number of rotatable bonds is 2. The third-order valence-corrected chi connectivity index (χ3v) is 2.86. The molecule has 18 heavy (non-hydrogen) atoms. The average Bonchev–Trinajstić information content (AvgIpc) is 2.65. The monoisotopic (exact) mass is 267 g/mol. The molecule has 1 heterocycles. The largest absolute Gasteiger partial charge is 0.477 e. The summed E-state index contributed by atoms with van der Waals surface area (Å²) >= 11 is 5.53. The van der Waals surface area contributed by atoms with Crippen LogP contribution in [-0.2, 0) is 4.79 Å². The van der Waals surface area contributed by atoms with Gasteiger partial charge in [-0.1, -0.05) is 11.6 Å². The lowest BCUT2D eigenvalue weighted by Gasteiger charge is -2.12. The number of anilines is 1. The van der Waals surface area contributed by atoms with E-state index in [9.17, 15) is 9.59 Å². The molecular weight excluding hydrogens is 258 g/mol. The van der Waals surface area contributed by atoms with E-state index in [2.05, 4.69) is 0 Å². The van der Waals surface area contributed by atoms with E-state index in [-0.39, 0.29) is 5.76 Å². The summed E-state index contributed by atoms with van der Waals surface area (Å²) in [4.78, 5) is 24.4. The van der Waals surface area contributed by atoms with Crippen LogP contribution in [0.15, 0.2) is 29.0 Å². The number of halogens is 1. The average molecular weight is 268 g/mol. The molecule has 5 nitrogen and oxygen atoms in total. The maximum Gasteiger partial charge on any atom is 0.351 e. The molecule has 1 aliphatic heterocycles. The summed E-state index contributed by atoms with van der Waals surface area (Å²) in [5, 5.41) is 8.14. The molecule has 0 radical (unpaired) electrons. The second-order valence-corrected chi connectivity index (χ2v) is 4.33. The molecule has 0 aromatic heterocycles. The van der Waals surface area contributed by atoms with Gasteiger partial charge in [0.15, 0.2) is 5.03 Å². The zero-order valence-corrected chi connectivity index (χ0v) is 10.5. The van der Waals surface area contributed by atoms with Crippen LogP contribution in [0.25, 0.3) is 0 Å². The van der Waals surface area contributed by atoms with Gasteiger partial charge >= 0.3 is 5.97 Å². The zero-order chi connectivity index (χ0) is 13.4. The summed E-state index contributed by atoms with van der Waals surface area (Å²) in [7, 11) is 3.69. The topological polar surface area (TPSA) is 66.8 Å². The predicted octanol–water partition coefficient (Wildman–Crippen LogP) is 1.86. The van der Waals surface area contributed by atoms with Crippen LogP contribution < -0.4 is 9.64 Å².